The fourth-order valence-corrected chi connectivity index (χ4v) is 9.02. The Morgan fingerprint density at radius 3 is 1.46 bits per heavy atom. The molecular formula is C33H44NP. The summed E-state index contributed by atoms with van der Waals surface area (Å²) in [4.78, 5) is 0. The lowest BCUT2D eigenvalue weighted by Gasteiger charge is -2.34. The van der Waals surface area contributed by atoms with Crippen molar-refractivity contribution in [1.82, 2.24) is 0 Å². The molecule has 1 aliphatic carbocycles. The molecule has 1 aliphatic rings. The first kappa shape index (κ1) is 26.0. The molecule has 0 saturated carbocycles. The standard InChI is InChI=1S/C33H44NP/c1-21(2)35(34,22(3)4)30-14-12-11-13-27(30)31-28-19-23(32(5,6)7)15-17-25(28)26-18-16-24(20-29(26)31)33(8,9)10/h11-22,31,34H,1-10H3. The van der Waals surface area contributed by atoms with Crippen LogP contribution in [0.4, 0.5) is 0 Å². The largest absolute Gasteiger partial charge is 0.313 e. The maximum absolute atomic E-state index is 9.84. The first-order valence-electron chi connectivity index (χ1n) is 13.2. The Morgan fingerprint density at radius 1 is 0.629 bits per heavy atom. The molecule has 35 heavy (non-hydrogen) atoms. The average Bonchev–Trinajstić information content (AvgIpc) is 3.10. The van der Waals surface area contributed by atoms with Crippen molar-refractivity contribution in [2.24, 2.45) is 0 Å². The number of rotatable bonds is 4. The fourth-order valence-electron chi connectivity index (χ4n) is 5.75. The maximum atomic E-state index is 9.84. The molecule has 0 unspecified atom stereocenters. The highest BCUT2D eigenvalue weighted by atomic mass is 31.2. The van der Waals surface area contributed by atoms with Gasteiger partial charge in [-0.3, -0.25) is 0 Å². The second-order valence-electron chi connectivity index (χ2n) is 13.1. The summed E-state index contributed by atoms with van der Waals surface area (Å²) in [6.45, 7) is 22.8. The van der Waals surface area contributed by atoms with Crippen molar-refractivity contribution < 1.29 is 0 Å². The molecule has 3 aromatic carbocycles. The van der Waals surface area contributed by atoms with Crippen molar-refractivity contribution in [3.63, 3.8) is 0 Å². The predicted octanol–water partition coefficient (Wildman–Crippen LogP) is 9.66. The molecule has 3 aromatic rings. The van der Waals surface area contributed by atoms with Crippen molar-refractivity contribution in [1.29, 1.82) is 5.16 Å². The van der Waals surface area contributed by atoms with Gasteiger partial charge in [0.2, 0.25) is 0 Å². The smallest absolute Gasteiger partial charge is 0.0359 e. The summed E-state index contributed by atoms with van der Waals surface area (Å²) < 4.78 is 0. The Balaban J connectivity index is 2.07. The van der Waals surface area contributed by atoms with Gasteiger partial charge in [0.25, 0.3) is 0 Å². The second-order valence-corrected chi connectivity index (χ2v) is 17.2. The topological polar surface area (TPSA) is 23.9 Å². The van der Waals surface area contributed by atoms with E-state index in [-0.39, 0.29) is 16.7 Å². The van der Waals surface area contributed by atoms with Crippen molar-refractivity contribution in [3.05, 3.63) is 88.5 Å². The number of fused-ring (bicyclic) bond motifs is 3. The summed E-state index contributed by atoms with van der Waals surface area (Å²) in [5.74, 6) is 0.169. The molecule has 0 saturated heterocycles. The van der Waals surface area contributed by atoms with Crippen LogP contribution in [0.5, 0.6) is 0 Å². The van der Waals surface area contributed by atoms with E-state index in [9.17, 15) is 5.16 Å². The fraction of sp³-hybridized carbons (Fsp3) is 0.455. The van der Waals surface area contributed by atoms with Gasteiger partial charge in [-0.05, 0) is 66.4 Å². The lowest BCUT2D eigenvalue weighted by Crippen LogP contribution is -2.24. The Morgan fingerprint density at radius 2 is 1.06 bits per heavy atom. The Labute approximate surface area is 214 Å². The molecule has 4 rings (SSSR count). The normalized spacial score (nSPS) is 14.5. The molecule has 1 nitrogen and oxygen atoms in total. The number of benzene rings is 3. The van der Waals surface area contributed by atoms with E-state index in [0.29, 0.717) is 11.3 Å². The van der Waals surface area contributed by atoms with Crippen LogP contribution in [0.2, 0.25) is 0 Å². The number of nitrogens with one attached hydrogen (secondary N) is 1. The molecule has 186 valence electrons. The van der Waals surface area contributed by atoms with Crippen LogP contribution in [0.15, 0.2) is 60.7 Å². The van der Waals surface area contributed by atoms with Crippen molar-refractivity contribution in [3.8, 4) is 11.1 Å². The van der Waals surface area contributed by atoms with E-state index in [4.69, 9.17) is 0 Å². The number of hydrogen-bond donors (Lipinski definition) is 1. The molecule has 0 aromatic heterocycles. The summed E-state index contributed by atoms with van der Waals surface area (Å²) in [5.41, 5.74) is 10.5. The number of hydrogen-bond acceptors (Lipinski definition) is 1. The minimum atomic E-state index is -2.12. The van der Waals surface area contributed by atoms with E-state index in [1.165, 1.54) is 44.2 Å². The van der Waals surface area contributed by atoms with Gasteiger partial charge < -0.3 is 5.16 Å². The van der Waals surface area contributed by atoms with Gasteiger partial charge in [-0.25, -0.2) is 0 Å². The highest BCUT2D eigenvalue weighted by Crippen LogP contribution is 2.58. The third kappa shape index (κ3) is 4.35. The first-order chi connectivity index (χ1) is 16.2. The van der Waals surface area contributed by atoms with Crippen LogP contribution in [0, 0.1) is 5.16 Å². The van der Waals surface area contributed by atoms with Crippen LogP contribution in [0.1, 0.15) is 103 Å². The van der Waals surface area contributed by atoms with E-state index in [0.717, 1.165) is 0 Å². The third-order valence-electron chi connectivity index (χ3n) is 8.02. The lowest BCUT2D eigenvalue weighted by atomic mass is 9.81. The van der Waals surface area contributed by atoms with Gasteiger partial charge in [0.15, 0.2) is 0 Å². The summed E-state index contributed by atoms with van der Waals surface area (Å²) in [6, 6.07) is 23.2. The Hall–Kier alpha value is -2.11. The maximum Gasteiger partial charge on any atom is 0.0359 e. The van der Waals surface area contributed by atoms with Crippen LogP contribution in [-0.4, -0.2) is 11.3 Å². The van der Waals surface area contributed by atoms with Crippen LogP contribution >= 0.6 is 7.05 Å². The van der Waals surface area contributed by atoms with E-state index in [2.05, 4.69) is 130 Å². The summed E-state index contributed by atoms with van der Waals surface area (Å²) in [5, 5.41) is 11.1. The zero-order chi connectivity index (χ0) is 25.9. The van der Waals surface area contributed by atoms with Crippen LogP contribution in [0.25, 0.3) is 11.1 Å². The van der Waals surface area contributed by atoms with E-state index in [1.807, 2.05) is 0 Å². The van der Waals surface area contributed by atoms with Gasteiger partial charge in [0.1, 0.15) is 0 Å². The zero-order valence-electron chi connectivity index (χ0n) is 23.5. The lowest BCUT2D eigenvalue weighted by molar-refractivity contribution is 0.589. The van der Waals surface area contributed by atoms with Crippen LogP contribution in [0.3, 0.4) is 0 Å². The molecule has 0 fully saturated rings. The van der Waals surface area contributed by atoms with Crippen molar-refractivity contribution >= 4 is 12.4 Å². The monoisotopic (exact) mass is 485 g/mol. The molecular weight excluding hydrogens is 441 g/mol. The van der Waals surface area contributed by atoms with Gasteiger partial charge in [-0.1, -0.05) is 130 Å². The van der Waals surface area contributed by atoms with Crippen molar-refractivity contribution in [2.45, 2.75) is 97.3 Å². The molecule has 0 aliphatic heterocycles. The predicted molar refractivity (Wildman–Crippen MR) is 156 cm³/mol. The van der Waals surface area contributed by atoms with Crippen molar-refractivity contribution in [2.75, 3.05) is 0 Å². The SMILES string of the molecule is CC(C)P(=N)(c1ccccc1C1c2cc(C(C)(C)C)ccc2-c2ccc(C(C)(C)C)cc21)C(C)C. The van der Waals surface area contributed by atoms with E-state index in [1.54, 1.807) is 0 Å². The highest BCUT2D eigenvalue weighted by Gasteiger charge is 2.37. The first-order valence-corrected chi connectivity index (χ1v) is 15.1. The summed E-state index contributed by atoms with van der Waals surface area (Å²) in [7, 11) is -2.12. The van der Waals surface area contributed by atoms with Crippen LogP contribution < -0.4 is 5.30 Å². The highest BCUT2D eigenvalue weighted by molar-refractivity contribution is 7.74. The molecule has 0 radical (unpaired) electrons. The molecule has 0 heterocycles. The molecule has 0 spiro atoms. The molecule has 0 bridgehead atoms. The Bertz CT molecular complexity index is 1220. The minimum Gasteiger partial charge on any atom is -0.313 e. The molecule has 0 amide bonds. The molecule has 1 N–H and O–H groups in total. The van der Waals surface area contributed by atoms with Crippen LogP contribution in [-0.2, 0) is 10.8 Å². The molecule has 0 atom stereocenters. The quantitative estimate of drug-likeness (QED) is 0.278. The van der Waals surface area contributed by atoms with Gasteiger partial charge in [0.05, 0.1) is 0 Å². The third-order valence-corrected chi connectivity index (χ3v) is 12.5. The van der Waals surface area contributed by atoms with Gasteiger partial charge in [-0.2, -0.15) is 0 Å². The summed E-state index contributed by atoms with van der Waals surface area (Å²) >= 11 is 0. The second kappa shape index (κ2) is 8.77. The van der Waals surface area contributed by atoms with Gasteiger partial charge in [-0.15, -0.1) is 0 Å². The molecule has 2 heteroatoms. The van der Waals surface area contributed by atoms with E-state index < -0.39 is 7.05 Å². The van der Waals surface area contributed by atoms with E-state index >= 15 is 0 Å². The van der Waals surface area contributed by atoms with Gasteiger partial charge >= 0.3 is 0 Å². The summed E-state index contributed by atoms with van der Waals surface area (Å²) in [6.07, 6.45) is 0. The zero-order valence-corrected chi connectivity index (χ0v) is 24.3. The minimum absolute atomic E-state index is 0.0898. The Kier molecular flexibility index (Phi) is 6.51. The van der Waals surface area contributed by atoms with Gasteiger partial charge in [0, 0.05) is 13.0 Å². The average molecular weight is 486 g/mol.